The van der Waals surface area contributed by atoms with Gasteiger partial charge in [-0.05, 0) is 29.0 Å². The fourth-order valence-electron chi connectivity index (χ4n) is 2.01. The molecule has 8 heteroatoms. The lowest BCUT2D eigenvalue weighted by molar-refractivity contribution is 0.415. The molecular weight excluding hydrogens is 288 g/mol. The summed E-state index contributed by atoms with van der Waals surface area (Å²) in [4.78, 5) is 7.82. The maximum Gasteiger partial charge on any atom is 0.166 e. The highest BCUT2D eigenvalue weighted by atomic mass is 32.2. The maximum absolute atomic E-state index is 5.21. The smallest absolute Gasteiger partial charge is 0.166 e. The SMILES string of the molecule is CCCn1nnnc1CSc1nc2ccc(OC)cc2[nH]1. The van der Waals surface area contributed by atoms with E-state index in [1.165, 1.54) is 0 Å². The van der Waals surface area contributed by atoms with Crippen LogP contribution < -0.4 is 4.74 Å². The van der Waals surface area contributed by atoms with E-state index in [2.05, 4.69) is 32.4 Å². The Morgan fingerprint density at radius 3 is 3.10 bits per heavy atom. The Kier molecular flexibility index (Phi) is 4.05. The van der Waals surface area contributed by atoms with Crippen molar-refractivity contribution in [1.82, 2.24) is 30.2 Å². The fraction of sp³-hybridized carbons (Fsp3) is 0.385. The third-order valence-corrected chi connectivity index (χ3v) is 3.92. The average molecular weight is 304 g/mol. The second kappa shape index (κ2) is 6.13. The first-order valence-electron chi connectivity index (χ1n) is 6.71. The van der Waals surface area contributed by atoms with E-state index in [1.807, 2.05) is 22.9 Å². The fourth-order valence-corrected chi connectivity index (χ4v) is 2.82. The normalized spacial score (nSPS) is 11.1. The predicted molar refractivity (Wildman–Crippen MR) is 80.3 cm³/mol. The Morgan fingerprint density at radius 1 is 1.38 bits per heavy atom. The molecule has 0 bridgehead atoms. The number of imidazole rings is 1. The molecule has 3 aromatic rings. The number of benzene rings is 1. The standard InChI is InChI=1S/C13H16N6OS/c1-3-6-19-12(16-17-18-19)8-21-13-14-10-5-4-9(20-2)7-11(10)15-13/h4-5,7H,3,6,8H2,1-2H3,(H,14,15). The van der Waals surface area contributed by atoms with Crippen molar-refractivity contribution in [3.8, 4) is 5.75 Å². The van der Waals surface area contributed by atoms with Crippen LogP contribution in [0.4, 0.5) is 0 Å². The average Bonchev–Trinajstić information content (AvgIpc) is 3.10. The van der Waals surface area contributed by atoms with E-state index >= 15 is 0 Å². The molecule has 0 radical (unpaired) electrons. The lowest BCUT2D eigenvalue weighted by Gasteiger charge is -2.00. The van der Waals surface area contributed by atoms with Crippen LogP contribution in [-0.2, 0) is 12.3 Å². The molecule has 0 unspecified atom stereocenters. The first kappa shape index (κ1) is 13.9. The van der Waals surface area contributed by atoms with Crippen LogP contribution >= 0.6 is 11.8 Å². The highest BCUT2D eigenvalue weighted by molar-refractivity contribution is 7.98. The minimum absolute atomic E-state index is 0.684. The Bertz CT molecular complexity index is 737. The van der Waals surface area contributed by atoms with Gasteiger partial charge < -0.3 is 9.72 Å². The van der Waals surface area contributed by atoms with Crippen molar-refractivity contribution >= 4 is 22.8 Å². The van der Waals surface area contributed by atoms with Crippen LogP contribution in [-0.4, -0.2) is 37.3 Å². The van der Waals surface area contributed by atoms with Crippen LogP contribution in [0.1, 0.15) is 19.2 Å². The summed E-state index contributed by atoms with van der Waals surface area (Å²) >= 11 is 1.59. The van der Waals surface area contributed by atoms with Gasteiger partial charge in [0.15, 0.2) is 11.0 Å². The number of nitrogens with one attached hydrogen (secondary N) is 1. The number of aromatic amines is 1. The molecule has 1 aromatic carbocycles. The van der Waals surface area contributed by atoms with Gasteiger partial charge in [-0.15, -0.1) is 5.10 Å². The van der Waals surface area contributed by atoms with E-state index < -0.39 is 0 Å². The molecule has 0 spiro atoms. The summed E-state index contributed by atoms with van der Waals surface area (Å²) in [6.45, 7) is 2.94. The van der Waals surface area contributed by atoms with Gasteiger partial charge in [-0.1, -0.05) is 18.7 Å². The predicted octanol–water partition coefficient (Wildman–Crippen LogP) is 2.26. The van der Waals surface area contributed by atoms with Gasteiger partial charge in [-0.25, -0.2) is 9.67 Å². The van der Waals surface area contributed by atoms with Gasteiger partial charge in [0.25, 0.3) is 0 Å². The van der Waals surface area contributed by atoms with E-state index in [0.717, 1.165) is 40.7 Å². The van der Waals surface area contributed by atoms with Crippen molar-refractivity contribution in [3.05, 3.63) is 24.0 Å². The first-order chi connectivity index (χ1) is 10.3. The van der Waals surface area contributed by atoms with E-state index in [1.54, 1.807) is 18.9 Å². The number of thioether (sulfide) groups is 1. The van der Waals surface area contributed by atoms with Gasteiger partial charge in [0, 0.05) is 12.6 Å². The van der Waals surface area contributed by atoms with Crippen molar-refractivity contribution in [2.75, 3.05) is 7.11 Å². The third-order valence-electron chi connectivity index (χ3n) is 3.05. The van der Waals surface area contributed by atoms with Gasteiger partial charge in [0.05, 0.1) is 23.9 Å². The van der Waals surface area contributed by atoms with Crippen molar-refractivity contribution in [1.29, 1.82) is 0 Å². The second-order valence-electron chi connectivity index (χ2n) is 4.53. The maximum atomic E-state index is 5.21. The lowest BCUT2D eigenvalue weighted by atomic mass is 10.3. The highest BCUT2D eigenvalue weighted by Crippen LogP contribution is 2.24. The summed E-state index contributed by atoms with van der Waals surface area (Å²) in [7, 11) is 1.65. The molecule has 0 saturated heterocycles. The molecule has 2 aromatic heterocycles. The number of aromatic nitrogens is 6. The number of tetrazole rings is 1. The number of H-pyrrole nitrogens is 1. The van der Waals surface area contributed by atoms with Crippen LogP contribution in [0.2, 0.25) is 0 Å². The molecule has 0 aliphatic rings. The summed E-state index contributed by atoms with van der Waals surface area (Å²) < 4.78 is 7.04. The summed E-state index contributed by atoms with van der Waals surface area (Å²) in [6, 6.07) is 5.78. The summed E-state index contributed by atoms with van der Waals surface area (Å²) in [5, 5.41) is 12.6. The molecule has 0 saturated carbocycles. The molecule has 0 fully saturated rings. The second-order valence-corrected chi connectivity index (χ2v) is 5.50. The number of methoxy groups -OCH3 is 1. The number of rotatable bonds is 6. The molecule has 0 atom stereocenters. The zero-order chi connectivity index (χ0) is 14.7. The largest absolute Gasteiger partial charge is 0.497 e. The zero-order valence-corrected chi connectivity index (χ0v) is 12.7. The van der Waals surface area contributed by atoms with Crippen LogP contribution in [0.3, 0.4) is 0 Å². The van der Waals surface area contributed by atoms with Crippen molar-refractivity contribution < 1.29 is 4.74 Å². The lowest BCUT2D eigenvalue weighted by Crippen LogP contribution is -2.04. The number of hydrogen-bond donors (Lipinski definition) is 1. The molecule has 110 valence electrons. The van der Waals surface area contributed by atoms with Crippen molar-refractivity contribution in [2.24, 2.45) is 0 Å². The summed E-state index contributed by atoms with van der Waals surface area (Å²) in [5.41, 5.74) is 1.89. The molecule has 3 rings (SSSR count). The Balaban J connectivity index is 1.74. The van der Waals surface area contributed by atoms with Gasteiger partial charge in [0.2, 0.25) is 0 Å². The topological polar surface area (TPSA) is 81.5 Å². The molecule has 0 aliphatic carbocycles. The molecular formula is C13H16N6OS. The van der Waals surface area contributed by atoms with Crippen LogP contribution in [0.15, 0.2) is 23.4 Å². The monoisotopic (exact) mass is 304 g/mol. The van der Waals surface area contributed by atoms with E-state index in [-0.39, 0.29) is 0 Å². The Labute approximate surface area is 126 Å². The van der Waals surface area contributed by atoms with Crippen LogP contribution in [0.25, 0.3) is 11.0 Å². The number of fused-ring (bicyclic) bond motifs is 1. The van der Waals surface area contributed by atoms with Crippen LogP contribution in [0.5, 0.6) is 5.75 Å². The van der Waals surface area contributed by atoms with Gasteiger partial charge in [-0.2, -0.15) is 0 Å². The van der Waals surface area contributed by atoms with Gasteiger partial charge in [-0.3, -0.25) is 0 Å². The molecule has 2 heterocycles. The highest BCUT2D eigenvalue weighted by Gasteiger charge is 2.09. The van der Waals surface area contributed by atoms with E-state index in [4.69, 9.17) is 4.74 Å². The molecule has 0 aliphatic heterocycles. The minimum Gasteiger partial charge on any atom is -0.497 e. The Hall–Kier alpha value is -2.09. The van der Waals surface area contributed by atoms with Crippen molar-refractivity contribution in [2.45, 2.75) is 30.8 Å². The zero-order valence-electron chi connectivity index (χ0n) is 11.9. The van der Waals surface area contributed by atoms with Gasteiger partial charge in [0.1, 0.15) is 5.75 Å². The number of aryl methyl sites for hydroxylation is 1. The molecule has 21 heavy (non-hydrogen) atoms. The number of nitrogens with zero attached hydrogens (tertiary/aromatic N) is 5. The number of hydrogen-bond acceptors (Lipinski definition) is 6. The first-order valence-corrected chi connectivity index (χ1v) is 7.70. The minimum atomic E-state index is 0.684. The molecule has 1 N–H and O–H groups in total. The number of ether oxygens (including phenoxy) is 1. The Morgan fingerprint density at radius 2 is 2.29 bits per heavy atom. The third kappa shape index (κ3) is 2.99. The van der Waals surface area contributed by atoms with E-state index in [9.17, 15) is 0 Å². The van der Waals surface area contributed by atoms with Crippen LogP contribution in [0, 0.1) is 0 Å². The summed E-state index contributed by atoms with van der Waals surface area (Å²) in [5.74, 6) is 2.36. The molecule has 7 nitrogen and oxygen atoms in total. The van der Waals surface area contributed by atoms with E-state index in [0.29, 0.717) is 5.75 Å². The summed E-state index contributed by atoms with van der Waals surface area (Å²) in [6.07, 6.45) is 1.01. The van der Waals surface area contributed by atoms with Gasteiger partial charge >= 0.3 is 0 Å². The molecule has 0 amide bonds. The van der Waals surface area contributed by atoms with Crippen molar-refractivity contribution in [3.63, 3.8) is 0 Å². The quantitative estimate of drug-likeness (QED) is 0.703.